The average molecular weight is 439 g/mol. The highest BCUT2D eigenvalue weighted by Crippen LogP contribution is 2.40. The first-order chi connectivity index (χ1) is 14.6. The number of hydrogen-bond donors (Lipinski definition) is 1. The second kappa shape index (κ2) is 8.49. The lowest BCUT2D eigenvalue weighted by molar-refractivity contribution is 0.0703. The molecule has 1 amide bonds. The molecule has 0 bridgehead atoms. The van der Waals surface area contributed by atoms with Crippen LogP contribution >= 0.6 is 12.4 Å². The van der Waals surface area contributed by atoms with Crippen LogP contribution in [0.3, 0.4) is 0 Å². The monoisotopic (exact) mass is 438 g/mol. The lowest BCUT2D eigenvalue weighted by Crippen LogP contribution is -2.51. The van der Waals surface area contributed by atoms with Crippen LogP contribution in [0.1, 0.15) is 47.3 Å². The molecule has 0 radical (unpaired) electrons. The lowest BCUT2D eigenvalue weighted by Gasteiger charge is -2.31. The van der Waals surface area contributed by atoms with Crippen molar-refractivity contribution in [3.63, 3.8) is 0 Å². The highest BCUT2D eigenvalue weighted by molar-refractivity contribution is 5.92. The molecule has 1 atom stereocenters. The standard InChI is InChI=1S/C21H22N8O.ClH/c1-14-11-27(7-6-23-14)21(30)19-13-28(26-25-19)18-10-24-29(12-18)20-5-4-16(15-2-3-15)8-17(20)9-22;/h4-5,8,10,12-15,23H,2-3,6-7,11H2,1H3;1H/t14-;/m0./s1. The van der Waals surface area contributed by atoms with Gasteiger partial charge < -0.3 is 10.2 Å². The zero-order chi connectivity index (χ0) is 20.7. The SMILES string of the molecule is C[C@H]1CN(C(=O)c2cn(-c3cnn(-c4ccc(C5CC5)cc4C#N)c3)nn2)CCN1.Cl. The summed E-state index contributed by atoms with van der Waals surface area (Å²) in [6.45, 7) is 4.13. The van der Waals surface area contributed by atoms with Crippen molar-refractivity contribution in [1.82, 2.24) is 35.0 Å². The number of rotatable bonds is 4. The van der Waals surface area contributed by atoms with E-state index in [0.29, 0.717) is 36.0 Å². The van der Waals surface area contributed by atoms with E-state index in [2.05, 4.69) is 39.8 Å². The number of carbonyl (C=O) groups is 1. The Morgan fingerprint density at radius 3 is 2.84 bits per heavy atom. The molecule has 0 spiro atoms. The Kier molecular flexibility index (Phi) is 5.76. The molecule has 0 unspecified atom stereocenters. The molecular formula is C21H23ClN8O. The van der Waals surface area contributed by atoms with E-state index in [4.69, 9.17) is 0 Å². The molecule has 1 aromatic carbocycles. The Labute approximate surface area is 186 Å². The van der Waals surface area contributed by atoms with E-state index in [-0.39, 0.29) is 24.4 Å². The summed E-state index contributed by atoms with van der Waals surface area (Å²) in [5.41, 5.74) is 3.51. The van der Waals surface area contributed by atoms with Crippen molar-refractivity contribution in [2.75, 3.05) is 19.6 Å². The van der Waals surface area contributed by atoms with Gasteiger partial charge in [0.25, 0.3) is 5.91 Å². The van der Waals surface area contributed by atoms with Crippen molar-refractivity contribution < 1.29 is 4.79 Å². The minimum absolute atomic E-state index is 0. The van der Waals surface area contributed by atoms with Crippen LogP contribution in [0.15, 0.2) is 36.8 Å². The number of halogens is 1. The van der Waals surface area contributed by atoms with Gasteiger partial charge in [0.05, 0.1) is 29.8 Å². The van der Waals surface area contributed by atoms with Crippen LogP contribution in [-0.4, -0.2) is 61.3 Å². The molecule has 3 aromatic rings. The summed E-state index contributed by atoms with van der Waals surface area (Å²) in [7, 11) is 0. The number of nitriles is 1. The van der Waals surface area contributed by atoms with Gasteiger partial charge in [0.2, 0.25) is 0 Å². The van der Waals surface area contributed by atoms with E-state index < -0.39 is 0 Å². The summed E-state index contributed by atoms with van der Waals surface area (Å²) in [4.78, 5) is 14.5. The van der Waals surface area contributed by atoms with Crippen molar-refractivity contribution in [1.29, 1.82) is 5.26 Å². The van der Waals surface area contributed by atoms with Gasteiger partial charge in [-0.25, -0.2) is 9.36 Å². The molecule has 3 heterocycles. The van der Waals surface area contributed by atoms with E-state index >= 15 is 0 Å². The van der Waals surface area contributed by atoms with Gasteiger partial charge in [-0.05, 0) is 43.4 Å². The van der Waals surface area contributed by atoms with Crippen molar-refractivity contribution in [2.24, 2.45) is 0 Å². The average Bonchev–Trinajstić information content (AvgIpc) is 3.30. The topological polar surface area (TPSA) is 105 Å². The fourth-order valence-corrected chi connectivity index (χ4v) is 3.84. The number of amides is 1. The fourth-order valence-electron chi connectivity index (χ4n) is 3.84. The highest BCUT2D eigenvalue weighted by Gasteiger charge is 2.25. The summed E-state index contributed by atoms with van der Waals surface area (Å²) in [6.07, 6.45) is 7.43. The maximum atomic E-state index is 12.7. The minimum atomic E-state index is -0.121. The smallest absolute Gasteiger partial charge is 0.276 e. The number of nitrogens with one attached hydrogen (secondary N) is 1. The first kappa shape index (κ1) is 21.0. The van der Waals surface area contributed by atoms with Gasteiger partial charge in [-0.2, -0.15) is 10.4 Å². The summed E-state index contributed by atoms with van der Waals surface area (Å²) in [5, 5.41) is 25.4. The third-order valence-corrected chi connectivity index (χ3v) is 5.64. The summed E-state index contributed by atoms with van der Waals surface area (Å²) in [5.74, 6) is 0.466. The summed E-state index contributed by atoms with van der Waals surface area (Å²) in [6, 6.07) is 8.49. The zero-order valence-corrected chi connectivity index (χ0v) is 17.9. The van der Waals surface area contributed by atoms with Gasteiger partial charge >= 0.3 is 0 Å². The molecule has 1 aliphatic carbocycles. The Morgan fingerprint density at radius 1 is 1.26 bits per heavy atom. The van der Waals surface area contributed by atoms with Crippen LogP contribution in [0.4, 0.5) is 0 Å². The van der Waals surface area contributed by atoms with Crippen LogP contribution in [-0.2, 0) is 0 Å². The molecule has 2 aromatic heterocycles. The molecule has 31 heavy (non-hydrogen) atoms. The van der Waals surface area contributed by atoms with Crippen LogP contribution in [0.5, 0.6) is 0 Å². The molecule has 5 rings (SSSR count). The molecule has 160 valence electrons. The zero-order valence-electron chi connectivity index (χ0n) is 17.1. The van der Waals surface area contributed by atoms with E-state index in [0.717, 1.165) is 12.2 Å². The van der Waals surface area contributed by atoms with Gasteiger partial charge in [-0.3, -0.25) is 4.79 Å². The fraction of sp³-hybridized carbons (Fsp3) is 0.381. The van der Waals surface area contributed by atoms with Gasteiger partial charge in [-0.15, -0.1) is 17.5 Å². The number of carbonyl (C=O) groups excluding carboxylic acids is 1. The van der Waals surface area contributed by atoms with Gasteiger partial charge in [0.1, 0.15) is 11.8 Å². The molecule has 1 saturated heterocycles. The quantitative estimate of drug-likeness (QED) is 0.668. The molecule has 10 heteroatoms. The second-order valence-corrected chi connectivity index (χ2v) is 7.96. The molecule has 2 aliphatic rings. The maximum absolute atomic E-state index is 12.7. The van der Waals surface area contributed by atoms with Crippen LogP contribution in [0.2, 0.25) is 0 Å². The van der Waals surface area contributed by atoms with Crippen LogP contribution < -0.4 is 5.32 Å². The molecule has 1 aliphatic heterocycles. The predicted molar refractivity (Wildman–Crippen MR) is 116 cm³/mol. The summed E-state index contributed by atoms with van der Waals surface area (Å²) >= 11 is 0. The maximum Gasteiger partial charge on any atom is 0.276 e. The third-order valence-electron chi connectivity index (χ3n) is 5.64. The molecule has 9 nitrogen and oxygen atoms in total. The summed E-state index contributed by atoms with van der Waals surface area (Å²) < 4.78 is 3.19. The van der Waals surface area contributed by atoms with E-state index in [9.17, 15) is 10.1 Å². The highest BCUT2D eigenvalue weighted by atomic mass is 35.5. The van der Waals surface area contributed by atoms with Crippen LogP contribution in [0.25, 0.3) is 11.4 Å². The number of piperazine rings is 1. The van der Waals surface area contributed by atoms with Gasteiger partial charge in [0, 0.05) is 25.7 Å². The number of hydrogen-bond acceptors (Lipinski definition) is 6. The minimum Gasteiger partial charge on any atom is -0.334 e. The molecule has 2 fully saturated rings. The molecular weight excluding hydrogens is 416 g/mol. The largest absolute Gasteiger partial charge is 0.334 e. The Balaban J connectivity index is 0.00000231. The molecule has 1 saturated carbocycles. The normalized spacial score (nSPS) is 18.3. The number of aromatic nitrogens is 5. The van der Waals surface area contributed by atoms with E-state index in [1.165, 1.54) is 23.1 Å². The van der Waals surface area contributed by atoms with Crippen molar-refractivity contribution >= 4 is 18.3 Å². The first-order valence-corrected chi connectivity index (χ1v) is 10.2. The Bertz CT molecular complexity index is 1140. The lowest BCUT2D eigenvalue weighted by atomic mass is 10.1. The Hall–Kier alpha value is -3.22. The molecule has 1 N–H and O–H groups in total. The van der Waals surface area contributed by atoms with E-state index in [1.807, 2.05) is 12.1 Å². The third kappa shape index (κ3) is 4.17. The first-order valence-electron chi connectivity index (χ1n) is 10.2. The predicted octanol–water partition coefficient (Wildman–Crippen LogP) is 2.06. The second-order valence-electron chi connectivity index (χ2n) is 7.96. The van der Waals surface area contributed by atoms with Crippen molar-refractivity contribution in [3.8, 4) is 17.4 Å². The van der Waals surface area contributed by atoms with Crippen molar-refractivity contribution in [3.05, 3.63) is 53.6 Å². The Morgan fingerprint density at radius 2 is 2.10 bits per heavy atom. The number of benzene rings is 1. The number of nitrogens with zero attached hydrogens (tertiary/aromatic N) is 7. The van der Waals surface area contributed by atoms with E-state index in [1.54, 1.807) is 28.2 Å². The van der Waals surface area contributed by atoms with Gasteiger partial charge in [0.15, 0.2) is 5.69 Å². The van der Waals surface area contributed by atoms with Gasteiger partial charge in [-0.1, -0.05) is 11.3 Å². The van der Waals surface area contributed by atoms with Crippen molar-refractivity contribution in [2.45, 2.75) is 31.7 Å². The van der Waals surface area contributed by atoms with Crippen LogP contribution in [0, 0.1) is 11.3 Å².